The molecule has 0 aromatic heterocycles. The molecule has 0 fully saturated rings. The molecule has 0 atom stereocenters. The second-order valence-electron chi connectivity index (χ2n) is 5.61. The number of carbonyl (C=O) groups is 1. The summed E-state index contributed by atoms with van der Waals surface area (Å²) in [5.41, 5.74) is 2.22. The van der Waals surface area contributed by atoms with Gasteiger partial charge in [0.25, 0.3) is 5.91 Å². The van der Waals surface area contributed by atoms with Gasteiger partial charge >= 0.3 is 0 Å². The highest BCUT2D eigenvalue weighted by atomic mass is 32.2. The molecule has 0 bridgehead atoms. The normalized spacial score (nSPS) is 14.6. The van der Waals surface area contributed by atoms with Crippen LogP contribution in [0.15, 0.2) is 18.2 Å². The minimum Gasteiger partial charge on any atom is -0.340 e. The fourth-order valence-electron chi connectivity index (χ4n) is 2.64. The Bertz CT molecular complexity index is 658. The Balaban J connectivity index is 2.27. The Morgan fingerprint density at radius 1 is 1.41 bits per heavy atom. The molecular formula is C15H23N3O3S. The minimum atomic E-state index is -3.27. The van der Waals surface area contributed by atoms with Gasteiger partial charge in [0, 0.05) is 32.2 Å². The average molecular weight is 325 g/mol. The molecule has 1 aromatic rings. The molecule has 1 N–H and O–H groups in total. The quantitative estimate of drug-likeness (QED) is 0.865. The van der Waals surface area contributed by atoms with Crippen LogP contribution in [-0.4, -0.2) is 59.2 Å². The average Bonchev–Trinajstić information content (AvgIpc) is 2.49. The van der Waals surface area contributed by atoms with Crippen molar-refractivity contribution in [1.82, 2.24) is 10.2 Å². The fourth-order valence-corrected chi connectivity index (χ4v) is 3.64. The van der Waals surface area contributed by atoms with Crippen LogP contribution in [0.1, 0.15) is 22.3 Å². The van der Waals surface area contributed by atoms with Crippen LogP contribution in [0, 0.1) is 0 Å². The number of likely N-dealkylation sites (N-methyl/N-ethyl adjacent to an activating group) is 2. The molecule has 1 heterocycles. The van der Waals surface area contributed by atoms with Gasteiger partial charge in [-0.1, -0.05) is 0 Å². The van der Waals surface area contributed by atoms with E-state index in [0.717, 1.165) is 24.9 Å². The van der Waals surface area contributed by atoms with E-state index < -0.39 is 10.0 Å². The van der Waals surface area contributed by atoms with Gasteiger partial charge in [-0.3, -0.25) is 9.10 Å². The van der Waals surface area contributed by atoms with Gasteiger partial charge in [-0.05, 0) is 43.7 Å². The van der Waals surface area contributed by atoms with Gasteiger partial charge in [-0.15, -0.1) is 0 Å². The molecule has 1 aromatic carbocycles. The number of benzene rings is 1. The van der Waals surface area contributed by atoms with Crippen molar-refractivity contribution in [1.29, 1.82) is 0 Å². The molecule has 1 amide bonds. The summed E-state index contributed by atoms with van der Waals surface area (Å²) in [5, 5.41) is 3.01. The number of sulfonamides is 1. The molecule has 0 saturated carbocycles. The van der Waals surface area contributed by atoms with Crippen molar-refractivity contribution in [3.05, 3.63) is 29.3 Å². The largest absolute Gasteiger partial charge is 0.340 e. The first kappa shape index (κ1) is 16.8. The molecule has 0 radical (unpaired) electrons. The summed E-state index contributed by atoms with van der Waals surface area (Å²) in [6.07, 6.45) is 2.78. The topological polar surface area (TPSA) is 69.7 Å². The third kappa shape index (κ3) is 3.59. The predicted molar refractivity (Wildman–Crippen MR) is 87.8 cm³/mol. The highest BCUT2D eigenvalue weighted by Gasteiger charge is 2.25. The number of hydrogen-bond acceptors (Lipinski definition) is 4. The third-order valence-electron chi connectivity index (χ3n) is 3.85. The molecule has 122 valence electrons. The molecule has 22 heavy (non-hydrogen) atoms. The minimum absolute atomic E-state index is 0.0467. The van der Waals surface area contributed by atoms with E-state index in [1.54, 1.807) is 24.1 Å². The highest BCUT2D eigenvalue weighted by Crippen LogP contribution is 2.30. The summed E-state index contributed by atoms with van der Waals surface area (Å²) in [7, 11) is 0.339. The lowest BCUT2D eigenvalue weighted by Gasteiger charge is -2.29. The van der Waals surface area contributed by atoms with Crippen molar-refractivity contribution in [3.63, 3.8) is 0 Å². The van der Waals surface area contributed by atoms with E-state index in [1.807, 2.05) is 13.1 Å². The maximum absolute atomic E-state index is 12.4. The molecule has 2 rings (SSSR count). The summed E-state index contributed by atoms with van der Waals surface area (Å²) in [5.74, 6) is -0.0467. The standard InChI is InChI=1S/C15H23N3O3S/c1-16-8-10-17(2)15(19)13-6-7-14-12(11-13)5-4-9-18(14)22(3,20)21/h6-7,11,16H,4-5,8-10H2,1-3H3. The van der Waals surface area contributed by atoms with E-state index in [2.05, 4.69) is 5.32 Å². The molecule has 7 heteroatoms. The van der Waals surface area contributed by atoms with Crippen molar-refractivity contribution in [2.24, 2.45) is 0 Å². The summed E-state index contributed by atoms with van der Waals surface area (Å²) in [6.45, 7) is 1.86. The first-order valence-electron chi connectivity index (χ1n) is 7.35. The van der Waals surface area contributed by atoms with Gasteiger partial charge in [0.05, 0.1) is 11.9 Å². The van der Waals surface area contributed by atoms with Crippen LogP contribution in [-0.2, 0) is 16.4 Å². The summed E-state index contributed by atoms with van der Waals surface area (Å²) >= 11 is 0. The zero-order valence-corrected chi connectivity index (χ0v) is 14.1. The van der Waals surface area contributed by atoms with Crippen LogP contribution < -0.4 is 9.62 Å². The predicted octanol–water partition coefficient (Wildman–Crippen LogP) is 0.690. The molecule has 1 aliphatic heterocycles. The van der Waals surface area contributed by atoms with E-state index in [-0.39, 0.29) is 5.91 Å². The zero-order chi connectivity index (χ0) is 16.3. The van der Waals surface area contributed by atoms with Gasteiger partial charge in [0.2, 0.25) is 10.0 Å². The van der Waals surface area contributed by atoms with Gasteiger partial charge in [0.1, 0.15) is 0 Å². The Morgan fingerprint density at radius 3 is 2.77 bits per heavy atom. The number of nitrogens with one attached hydrogen (secondary N) is 1. The van der Waals surface area contributed by atoms with E-state index in [1.165, 1.54) is 10.6 Å². The Morgan fingerprint density at radius 2 is 2.14 bits per heavy atom. The highest BCUT2D eigenvalue weighted by molar-refractivity contribution is 7.92. The lowest BCUT2D eigenvalue weighted by atomic mass is 10.0. The number of amides is 1. The summed E-state index contributed by atoms with van der Waals surface area (Å²) < 4.78 is 25.1. The van der Waals surface area contributed by atoms with Crippen molar-refractivity contribution in [3.8, 4) is 0 Å². The van der Waals surface area contributed by atoms with Crippen LogP contribution in [0.5, 0.6) is 0 Å². The monoisotopic (exact) mass is 325 g/mol. The van der Waals surface area contributed by atoms with E-state index in [0.29, 0.717) is 24.3 Å². The molecule has 0 unspecified atom stereocenters. The maximum Gasteiger partial charge on any atom is 0.253 e. The number of fused-ring (bicyclic) bond motifs is 1. The molecule has 0 spiro atoms. The molecule has 0 aliphatic carbocycles. The second-order valence-corrected chi connectivity index (χ2v) is 7.52. The van der Waals surface area contributed by atoms with Gasteiger partial charge < -0.3 is 10.2 Å². The van der Waals surface area contributed by atoms with Crippen molar-refractivity contribution in [2.75, 3.05) is 44.3 Å². The number of aryl methyl sites for hydroxylation is 1. The van der Waals surface area contributed by atoms with Crippen LogP contribution in [0.25, 0.3) is 0 Å². The second kappa shape index (κ2) is 6.66. The zero-order valence-electron chi connectivity index (χ0n) is 13.3. The molecular weight excluding hydrogens is 302 g/mol. The summed E-state index contributed by atoms with van der Waals surface area (Å²) in [4.78, 5) is 14.0. The fraction of sp³-hybridized carbons (Fsp3) is 0.533. The maximum atomic E-state index is 12.4. The third-order valence-corrected chi connectivity index (χ3v) is 5.03. The van der Waals surface area contributed by atoms with Crippen LogP contribution >= 0.6 is 0 Å². The van der Waals surface area contributed by atoms with Gasteiger partial charge in [-0.25, -0.2) is 8.42 Å². The molecule has 6 nitrogen and oxygen atoms in total. The van der Waals surface area contributed by atoms with E-state index in [4.69, 9.17) is 0 Å². The van der Waals surface area contributed by atoms with Gasteiger partial charge in [0.15, 0.2) is 0 Å². The molecule has 0 saturated heterocycles. The Hall–Kier alpha value is -1.60. The molecule has 1 aliphatic rings. The Kier molecular flexibility index (Phi) is 5.08. The van der Waals surface area contributed by atoms with E-state index >= 15 is 0 Å². The van der Waals surface area contributed by atoms with Crippen LogP contribution in [0.3, 0.4) is 0 Å². The Labute approximate surface area is 132 Å². The number of anilines is 1. The number of rotatable bonds is 5. The smallest absolute Gasteiger partial charge is 0.253 e. The van der Waals surface area contributed by atoms with Crippen LogP contribution in [0.4, 0.5) is 5.69 Å². The number of nitrogens with zero attached hydrogens (tertiary/aromatic N) is 2. The lowest BCUT2D eigenvalue weighted by Crippen LogP contribution is -2.35. The van der Waals surface area contributed by atoms with Crippen LogP contribution in [0.2, 0.25) is 0 Å². The van der Waals surface area contributed by atoms with E-state index in [9.17, 15) is 13.2 Å². The van der Waals surface area contributed by atoms with Gasteiger partial charge in [-0.2, -0.15) is 0 Å². The SMILES string of the molecule is CNCCN(C)C(=O)c1ccc2c(c1)CCCN2S(C)(=O)=O. The first-order chi connectivity index (χ1) is 10.3. The van der Waals surface area contributed by atoms with Crippen molar-refractivity contribution < 1.29 is 13.2 Å². The van der Waals surface area contributed by atoms with Crippen molar-refractivity contribution >= 4 is 21.6 Å². The summed E-state index contributed by atoms with van der Waals surface area (Å²) in [6, 6.07) is 5.28. The first-order valence-corrected chi connectivity index (χ1v) is 9.20. The number of hydrogen-bond donors (Lipinski definition) is 1. The van der Waals surface area contributed by atoms with Crippen molar-refractivity contribution in [2.45, 2.75) is 12.8 Å². The lowest BCUT2D eigenvalue weighted by molar-refractivity contribution is 0.0797. The number of carbonyl (C=O) groups excluding carboxylic acids is 1.